The molecule has 1 fully saturated rings. The van der Waals surface area contributed by atoms with Crippen LogP contribution < -0.4 is 10.1 Å². The van der Waals surface area contributed by atoms with Gasteiger partial charge >= 0.3 is 18.4 Å². The van der Waals surface area contributed by atoms with Crippen molar-refractivity contribution >= 4 is 28.0 Å². The van der Waals surface area contributed by atoms with Gasteiger partial charge in [0, 0.05) is 10.9 Å². The summed E-state index contributed by atoms with van der Waals surface area (Å²) in [4.78, 5) is 25.1. The number of esters is 1. The molecule has 1 N–H and O–H groups in total. The van der Waals surface area contributed by atoms with Crippen molar-refractivity contribution in [2.45, 2.75) is 64.1 Å². The van der Waals surface area contributed by atoms with Crippen LogP contribution >= 0.6 is 15.9 Å². The first kappa shape index (κ1) is 26.8. The van der Waals surface area contributed by atoms with Gasteiger partial charge in [0.2, 0.25) is 0 Å². The molecule has 1 amide bonds. The van der Waals surface area contributed by atoms with Gasteiger partial charge in [-0.1, -0.05) is 40.2 Å². The van der Waals surface area contributed by atoms with Gasteiger partial charge in [-0.15, -0.1) is 13.2 Å². The van der Waals surface area contributed by atoms with Gasteiger partial charge in [0.15, 0.2) is 0 Å². The summed E-state index contributed by atoms with van der Waals surface area (Å²) in [5.74, 6) is -1.39. The predicted octanol–water partition coefficient (Wildman–Crippen LogP) is 5.96. The van der Waals surface area contributed by atoms with Crippen LogP contribution in [-0.2, 0) is 27.1 Å². The molecule has 0 spiro atoms. The number of cyclic esters (lactones) is 1. The van der Waals surface area contributed by atoms with E-state index in [1.807, 2.05) is 24.3 Å². The summed E-state index contributed by atoms with van der Waals surface area (Å²) in [6.07, 6.45) is -5.19. The summed E-state index contributed by atoms with van der Waals surface area (Å²) in [5.41, 5.74) is 0.731. The lowest BCUT2D eigenvalue weighted by Gasteiger charge is -2.26. The molecule has 0 bridgehead atoms. The number of carbonyl (C=O) groups is 2. The number of hydrogen-bond acceptors (Lipinski definition) is 5. The van der Waals surface area contributed by atoms with E-state index in [0.29, 0.717) is 18.4 Å². The molecule has 190 valence electrons. The lowest BCUT2D eigenvalue weighted by atomic mass is 9.92. The number of alkyl halides is 3. The molecule has 1 heterocycles. The average molecular weight is 558 g/mol. The SMILES string of the molecule is CC(C)(C)OC(=O)N[C@@H](Cc1ccc(Br)cc1)[C@@H]1C[C@@H](Cc2cccc(OC(F)(F)F)c2)C(=O)O1. The molecule has 2 aromatic carbocycles. The lowest BCUT2D eigenvalue weighted by molar-refractivity contribution is -0.274. The number of alkyl carbamates (subject to hydrolysis) is 1. The van der Waals surface area contributed by atoms with Crippen molar-refractivity contribution < 1.29 is 37.0 Å². The first-order chi connectivity index (χ1) is 16.3. The van der Waals surface area contributed by atoms with Crippen LogP contribution in [0.1, 0.15) is 38.3 Å². The van der Waals surface area contributed by atoms with Gasteiger partial charge in [-0.05, 0) is 69.0 Å². The number of rotatable bonds is 7. The van der Waals surface area contributed by atoms with E-state index in [9.17, 15) is 22.8 Å². The Morgan fingerprint density at radius 1 is 1.14 bits per heavy atom. The number of hydrogen-bond donors (Lipinski definition) is 1. The molecule has 35 heavy (non-hydrogen) atoms. The minimum atomic E-state index is -4.80. The Hall–Kier alpha value is -2.75. The fourth-order valence-corrected chi connectivity index (χ4v) is 4.11. The quantitative estimate of drug-likeness (QED) is 0.425. The summed E-state index contributed by atoms with van der Waals surface area (Å²) < 4.78 is 53.5. The monoisotopic (exact) mass is 557 g/mol. The van der Waals surface area contributed by atoms with Crippen LogP contribution in [0.2, 0.25) is 0 Å². The number of ether oxygens (including phenoxy) is 3. The van der Waals surface area contributed by atoms with Crippen molar-refractivity contribution in [1.29, 1.82) is 0 Å². The molecule has 6 nitrogen and oxygen atoms in total. The minimum Gasteiger partial charge on any atom is -0.460 e. The normalized spacial score (nSPS) is 19.1. The van der Waals surface area contributed by atoms with Gasteiger partial charge in [0.1, 0.15) is 17.5 Å². The van der Waals surface area contributed by atoms with E-state index in [0.717, 1.165) is 10.0 Å². The van der Waals surface area contributed by atoms with Gasteiger partial charge < -0.3 is 19.5 Å². The molecular formula is C25H27BrF3NO5. The van der Waals surface area contributed by atoms with E-state index in [1.54, 1.807) is 26.8 Å². The largest absolute Gasteiger partial charge is 0.573 e. The Kier molecular flexibility index (Phi) is 8.35. The maximum absolute atomic E-state index is 12.6. The van der Waals surface area contributed by atoms with Crippen LogP contribution in [0.4, 0.5) is 18.0 Å². The Balaban J connectivity index is 1.72. The van der Waals surface area contributed by atoms with Crippen molar-refractivity contribution in [3.63, 3.8) is 0 Å². The lowest BCUT2D eigenvalue weighted by Crippen LogP contribution is -2.46. The van der Waals surface area contributed by atoms with Crippen molar-refractivity contribution in [2.75, 3.05) is 0 Å². The molecule has 1 saturated heterocycles. The fourth-order valence-electron chi connectivity index (χ4n) is 3.85. The van der Waals surface area contributed by atoms with E-state index < -0.39 is 42.1 Å². The van der Waals surface area contributed by atoms with E-state index in [1.165, 1.54) is 18.2 Å². The molecule has 1 aliphatic heterocycles. The number of benzene rings is 2. The third kappa shape index (κ3) is 8.76. The molecule has 2 aromatic rings. The first-order valence-electron chi connectivity index (χ1n) is 11.1. The van der Waals surface area contributed by atoms with Gasteiger partial charge in [-0.25, -0.2) is 4.79 Å². The zero-order valence-corrected chi connectivity index (χ0v) is 21.1. The zero-order valence-electron chi connectivity index (χ0n) is 19.5. The van der Waals surface area contributed by atoms with E-state index in [4.69, 9.17) is 9.47 Å². The van der Waals surface area contributed by atoms with Crippen LogP contribution in [0.15, 0.2) is 53.0 Å². The van der Waals surface area contributed by atoms with E-state index >= 15 is 0 Å². The topological polar surface area (TPSA) is 73.9 Å². The second kappa shape index (κ2) is 10.9. The summed E-state index contributed by atoms with van der Waals surface area (Å²) in [6, 6.07) is 12.5. The Bertz CT molecular complexity index is 1040. The minimum absolute atomic E-state index is 0.182. The maximum Gasteiger partial charge on any atom is 0.573 e. The molecule has 3 atom stereocenters. The molecule has 0 aromatic heterocycles. The van der Waals surface area contributed by atoms with E-state index in [2.05, 4.69) is 26.0 Å². The number of nitrogens with one attached hydrogen (secondary N) is 1. The smallest absolute Gasteiger partial charge is 0.460 e. The summed E-state index contributed by atoms with van der Waals surface area (Å²) in [5, 5.41) is 2.82. The van der Waals surface area contributed by atoms with Crippen LogP contribution in [-0.4, -0.2) is 36.2 Å². The van der Waals surface area contributed by atoms with Gasteiger partial charge in [-0.3, -0.25) is 4.79 Å². The summed E-state index contributed by atoms with van der Waals surface area (Å²) >= 11 is 3.39. The summed E-state index contributed by atoms with van der Waals surface area (Å²) in [7, 11) is 0. The van der Waals surface area contributed by atoms with Crippen molar-refractivity contribution in [3.05, 3.63) is 64.1 Å². The molecule has 0 saturated carbocycles. The Morgan fingerprint density at radius 2 is 1.83 bits per heavy atom. The number of carbonyl (C=O) groups excluding carboxylic acids is 2. The molecule has 1 aliphatic rings. The molecule has 10 heteroatoms. The number of halogens is 4. The highest BCUT2D eigenvalue weighted by Crippen LogP contribution is 2.30. The highest BCUT2D eigenvalue weighted by Gasteiger charge is 2.40. The first-order valence-corrected chi connectivity index (χ1v) is 11.9. The van der Waals surface area contributed by atoms with Crippen LogP contribution in [0.25, 0.3) is 0 Å². The summed E-state index contributed by atoms with van der Waals surface area (Å²) in [6.45, 7) is 5.25. The standard InChI is InChI=1S/C25H27BrF3NO5/c1-24(2,3)35-23(32)30-20(13-15-7-9-18(26)10-8-15)21-14-17(22(31)33-21)11-16-5-4-6-19(12-16)34-25(27,28)29/h4-10,12,17,20-21H,11,13-14H2,1-3H3,(H,30,32)/t17-,20+,21+/m1/s1. The van der Waals surface area contributed by atoms with Crippen LogP contribution in [0.5, 0.6) is 5.75 Å². The number of amides is 1. The average Bonchev–Trinajstić information content (AvgIpc) is 3.07. The fraction of sp³-hybridized carbons (Fsp3) is 0.440. The Labute approximate surface area is 210 Å². The Morgan fingerprint density at radius 3 is 2.46 bits per heavy atom. The molecule has 0 radical (unpaired) electrons. The molecular weight excluding hydrogens is 531 g/mol. The predicted molar refractivity (Wildman–Crippen MR) is 126 cm³/mol. The van der Waals surface area contributed by atoms with Crippen LogP contribution in [0, 0.1) is 5.92 Å². The van der Waals surface area contributed by atoms with Crippen molar-refractivity contribution in [1.82, 2.24) is 5.32 Å². The van der Waals surface area contributed by atoms with Gasteiger partial charge in [0.05, 0.1) is 12.0 Å². The van der Waals surface area contributed by atoms with Crippen LogP contribution in [0.3, 0.4) is 0 Å². The van der Waals surface area contributed by atoms with E-state index in [-0.39, 0.29) is 12.2 Å². The third-order valence-electron chi connectivity index (χ3n) is 5.25. The second-order valence-corrected chi connectivity index (χ2v) is 10.3. The molecule has 0 aliphatic carbocycles. The maximum atomic E-state index is 12.6. The zero-order chi connectivity index (χ0) is 25.8. The van der Waals surface area contributed by atoms with Crippen molar-refractivity contribution in [3.8, 4) is 5.75 Å². The highest BCUT2D eigenvalue weighted by atomic mass is 79.9. The highest BCUT2D eigenvalue weighted by molar-refractivity contribution is 9.10. The van der Waals surface area contributed by atoms with Gasteiger partial charge in [-0.2, -0.15) is 0 Å². The molecule has 0 unspecified atom stereocenters. The van der Waals surface area contributed by atoms with Gasteiger partial charge in [0.25, 0.3) is 0 Å². The molecule has 3 rings (SSSR count). The second-order valence-electron chi connectivity index (χ2n) is 9.39. The third-order valence-corrected chi connectivity index (χ3v) is 5.78. The van der Waals surface area contributed by atoms with Crippen molar-refractivity contribution in [2.24, 2.45) is 5.92 Å².